The van der Waals surface area contributed by atoms with Gasteiger partial charge in [0.05, 0.1) is 21.7 Å². The zero-order chi connectivity index (χ0) is 22.9. The molecule has 1 fully saturated rings. The molecular formula is C14H16Cl2NaO12S2+. The minimum atomic E-state index is -5.21. The number of ether oxygens (including phenoxy) is 3. The van der Waals surface area contributed by atoms with Gasteiger partial charge in [-0.15, -0.1) is 0 Å². The smallest absolute Gasteiger partial charge is 0.453 e. The van der Waals surface area contributed by atoms with Crippen LogP contribution in [-0.2, 0) is 43.4 Å². The fraction of sp³-hybridized carbons (Fsp3) is 0.500. The number of benzene rings is 1. The number of carbonyl (C=O) groups excluding carboxylic acids is 1. The summed E-state index contributed by atoms with van der Waals surface area (Å²) in [6.07, 6.45) is -8.37. The first-order valence-electron chi connectivity index (χ1n) is 7.87. The molecule has 31 heavy (non-hydrogen) atoms. The van der Waals surface area contributed by atoms with E-state index in [-0.39, 0.29) is 45.2 Å². The van der Waals surface area contributed by atoms with Crippen LogP contribution in [0.25, 0.3) is 0 Å². The molecule has 12 nitrogen and oxygen atoms in total. The van der Waals surface area contributed by atoms with Gasteiger partial charge >= 0.3 is 56.3 Å². The Hall–Kier alpha value is -0.0700. The topological polar surface area (TPSA) is 172 Å². The maximum absolute atomic E-state index is 12.5. The maximum Gasteiger partial charge on any atom is 1.00 e. The van der Waals surface area contributed by atoms with Crippen LogP contribution in [0.2, 0.25) is 10.0 Å². The SMILES string of the molecule is CO[C@@H]1O[C@@H](C)[C@H](OC(=O)c2ccc(Cl)c(Cl)c2)[C@@H](OS(=O)(=O)O)[C@H]1OS(=O)(=O)O.[Na+]. The molecule has 2 rings (SSSR count). The van der Waals surface area contributed by atoms with Gasteiger partial charge in [0.15, 0.2) is 24.6 Å². The van der Waals surface area contributed by atoms with Crippen molar-refractivity contribution in [2.75, 3.05) is 7.11 Å². The molecule has 1 heterocycles. The van der Waals surface area contributed by atoms with Crippen LogP contribution in [0, 0.1) is 0 Å². The second kappa shape index (κ2) is 11.4. The van der Waals surface area contributed by atoms with Gasteiger partial charge in [-0.05, 0) is 25.1 Å². The van der Waals surface area contributed by atoms with Crippen LogP contribution in [0.5, 0.6) is 0 Å². The summed E-state index contributed by atoms with van der Waals surface area (Å²) >= 11 is 11.6. The van der Waals surface area contributed by atoms with E-state index in [0.717, 1.165) is 7.11 Å². The quantitative estimate of drug-likeness (QED) is 0.231. The van der Waals surface area contributed by atoms with Gasteiger partial charge in [-0.1, -0.05) is 23.2 Å². The first-order valence-corrected chi connectivity index (χ1v) is 11.4. The Labute approximate surface area is 210 Å². The minimum Gasteiger partial charge on any atom is -0.453 e. The summed E-state index contributed by atoms with van der Waals surface area (Å²) in [5.74, 6) is -1.04. The summed E-state index contributed by atoms with van der Waals surface area (Å²) < 4.78 is 87.4. The van der Waals surface area contributed by atoms with E-state index in [1.165, 1.54) is 25.1 Å². The summed E-state index contributed by atoms with van der Waals surface area (Å²) in [6.45, 7) is 1.32. The van der Waals surface area contributed by atoms with Gasteiger partial charge in [-0.3, -0.25) is 9.11 Å². The van der Waals surface area contributed by atoms with Crippen molar-refractivity contribution < 1.29 is 82.9 Å². The number of rotatable bonds is 7. The molecule has 0 amide bonds. The molecule has 0 saturated carbocycles. The fourth-order valence-electron chi connectivity index (χ4n) is 2.63. The maximum atomic E-state index is 12.5. The zero-order valence-corrected chi connectivity index (χ0v) is 21.3. The Morgan fingerprint density at radius 1 is 1.00 bits per heavy atom. The van der Waals surface area contributed by atoms with E-state index in [2.05, 4.69) is 8.37 Å². The van der Waals surface area contributed by atoms with Crippen molar-refractivity contribution in [2.24, 2.45) is 0 Å². The molecule has 170 valence electrons. The molecule has 5 atom stereocenters. The largest absolute Gasteiger partial charge is 1.00 e. The van der Waals surface area contributed by atoms with Crippen LogP contribution in [0.15, 0.2) is 18.2 Å². The van der Waals surface area contributed by atoms with E-state index >= 15 is 0 Å². The molecule has 1 aromatic rings. The predicted molar refractivity (Wildman–Crippen MR) is 99.9 cm³/mol. The van der Waals surface area contributed by atoms with E-state index in [9.17, 15) is 21.6 Å². The van der Waals surface area contributed by atoms with Crippen LogP contribution in [0.3, 0.4) is 0 Å². The van der Waals surface area contributed by atoms with Crippen molar-refractivity contribution in [1.29, 1.82) is 0 Å². The Kier molecular flexibility index (Phi) is 10.6. The summed E-state index contributed by atoms with van der Waals surface area (Å²) in [5, 5.41) is 0.177. The van der Waals surface area contributed by atoms with Crippen LogP contribution < -0.4 is 29.6 Å². The molecule has 0 bridgehead atoms. The van der Waals surface area contributed by atoms with Crippen molar-refractivity contribution in [3.05, 3.63) is 33.8 Å². The number of carbonyl (C=O) groups is 1. The van der Waals surface area contributed by atoms with Crippen molar-refractivity contribution in [1.82, 2.24) is 0 Å². The van der Waals surface area contributed by atoms with Crippen LogP contribution in [0.1, 0.15) is 17.3 Å². The van der Waals surface area contributed by atoms with Gasteiger partial charge in [-0.25, -0.2) is 13.2 Å². The van der Waals surface area contributed by atoms with Gasteiger partial charge in [0.1, 0.15) is 0 Å². The van der Waals surface area contributed by atoms with Crippen LogP contribution >= 0.6 is 23.2 Å². The number of esters is 1. The molecule has 1 saturated heterocycles. The zero-order valence-electron chi connectivity index (χ0n) is 16.2. The standard InChI is InChI=1S/C14H16Cl2O12S2.Na/c1-6-10(26-13(17)7-3-4-8(15)9(16)5-7)11(27-29(18,19)20)12(14(24-2)25-6)28-30(21,22)23;/h3-6,10-12,14H,1-2H3,(H,18,19,20)(H,21,22,23);/q;+1/t6-,10-,11+,12+,14+;/m0./s1. The Morgan fingerprint density at radius 3 is 2.03 bits per heavy atom. The molecule has 1 aromatic carbocycles. The van der Waals surface area contributed by atoms with E-state index in [1.54, 1.807) is 0 Å². The monoisotopic (exact) mass is 533 g/mol. The molecule has 1 aliphatic rings. The first kappa shape index (κ1) is 29.0. The third kappa shape index (κ3) is 8.33. The van der Waals surface area contributed by atoms with E-state index < -0.39 is 57.5 Å². The van der Waals surface area contributed by atoms with Crippen molar-refractivity contribution in [2.45, 2.75) is 37.6 Å². The van der Waals surface area contributed by atoms with Crippen molar-refractivity contribution in [3.63, 3.8) is 0 Å². The van der Waals surface area contributed by atoms with Gasteiger partial charge in [0.2, 0.25) is 0 Å². The number of hydrogen-bond acceptors (Lipinski definition) is 10. The first-order chi connectivity index (χ1) is 13.7. The van der Waals surface area contributed by atoms with Gasteiger partial charge in [0, 0.05) is 7.11 Å². The number of hydrogen-bond donors (Lipinski definition) is 2. The van der Waals surface area contributed by atoms with Gasteiger partial charge in [-0.2, -0.15) is 16.8 Å². The van der Waals surface area contributed by atoms with Crippen molar-refractivity contribution >= 4 is 50.0 Å². The van der Waals surface area contributed by atoms with Crippen LogP contribution in [-0.4, -0.2) is 69.7 Å². The van der Waals surface area contributed by atoms with Crippen molar-refractivity contribution in [3.8, 4) is 0 Å². The molecule has 0 radical (unpaired) electrons. The number of halogens is 2. The average Bonchev–Trinajstić information content (AvgIpc) is 2.60. The second-order valence-corrected chi connectivity index (χ2v) is 8.83. The molecular weight excluding hydrogens is 518 g/mol. The number of methoxy groups -OCH3 is 1. The molecule has 0 unspecified atom stereocenters. The summed E-state index contributed by atoms with van der Waals surface area (Å²) in [6, 6.07) is 3.73. The Morgan fingerprint density at radius 2 is 1.55 bits per heavy atom. The van der Waals surface area contributed by atoms with Gasteiger partial charge in [0.25, 0.3) is 0 Å². The average molecular weight is 534 g/mol. The third-order valence-corrected chi connectivity index (χ3v) is 5.49. The molecule has 1 aliphatic heterocycles. The Balaban J connectivity index is 0.00000480. The van der Waals surface area contributed by atoms with E-state index in [0.29, 0.717) is 0 Å². The molecule has 2 N–H and O–H groups in total. The molecule has 17 heteroatoms. The molecule has 0 spiro atoms. The Bertz CT molecular complexity index is 1000. The van der Waals surface area contributed by atoms with Gasteiger partial charge < -0.3 is 14.2 Å². The van der Waals surface area contributed by atoms with Crippen LogP contribution in [0.4, 0.5) is 0 Å². The second-order valence-electron chi connectivity index (χ2n) is 5.92. The predicted octanol–water partition coefficient (Wildman–Crippen LogP) is -1.71. The minimum absolute atomic E-state index is 0. The third-order valence-electron chi connectivity index (χ3n) is 3.82. The normalized spacial score (nSPS) is 26.7. The fourth-order valence-corrected chi connectivity index (χ4v) is 3.91. The summed E-state index contributed by atoms with van der Waals surface area (Å²) in [5.41, 5.74) is -0.0941. The summed E-state index contributed by atoms with van der Waals surface area (Å²) in [7, 11) is -9.33. The summed E-state index contributed by atoms with van der Waals surface area (Å²) in [4.78, 5) is 12.5. The van der Waals surface area contributed by atoms with E-state index in [1.807, 2.05) is 0 Å². The van der Waals surface area contributed by atoms with E-state index in [4.69, 9.17) is 46.5 Å². The molecule has 0 aromatic heterocycles. The molecule has 0 aliphatic carbocycles.